The van der Waals surface area contributed by atoms with Gasteiger partial charge in [0.2, 0.25) is 15.9 Å². The molecule has 0 bridgehead atoms. The number of nitrogens with one attached hydrogen (secondary N) is 2. The zero-order valence-electron chi connectivity index (χ0n) is 16.1. The average Bonchev–Trinajstić information content (AvgIpc) is 2.65. The van der Waals surface area contributed by atoms with Crippen molar-refractivity contribution in [1.82, 2.24) is 10.0 Å². The van der Waals surface area contributed by atoms with Crippen molar-refractivity contribution in [3.63, 3.8) is 0 Å². The molecule has 0 radical (unpaired) electrons. The van der Waals surface area contributed by atoms with Crippen LogP contribution < -0.4 is 10.0 Å². The molecule has 0 fully saturated rings. The Hall–Kier alpha value is -1.96. The third-order valence-corrected chi connectivity index (χ3v) is 5.67. The molecule has 2 aromatic rings. The Bertz CT molecular complexity index is 865. The molecule has 0 aliphatic carbocycles. The first-order chi connectivity index (χ1) is 12.8. The fourth-order valence-corrected chi connectivity index (χ4v) is 4.08. The lowest BCUT2D eigenvalue weighted by molar-refractivity contribution is -0.123. The zero-order valence-corrected chi connectivity index (χ0v) is 16.9. The molecular weight excluding hydrogens is 364 g/mol. The third-order valence-electron chi connectivity index (χ3n) is 4.23. The number of carbonyl (C=O) groups excluding carboxylic acids is 1. The molecule has 0 aliphatic rings. The summed E-state index contributed by atoms with van der Waals surface area (Å²) in [6, 6.07) is 11.6. The lowest BCUT2D eigenvalue weighted by Gasteiger charge is -2.21. The second-order valence-electron chi connectivity index (χ2n) is 6.69. The van der Waals surface area contributed by atoms with Gasteiger partial charge in [-0.25, -0.2) is 8.42 Å². The quantitative estimate of drug-likeness (QED) is 0.609. The van der Waals surface area contributed by atoms with E-state index >= 15 is 0 Å². The Morgan fingerprint density at radius 3 is 2.48 bits per heavy atom. The lowest BCUT2D eigenvalue weighted by Crippen LogP contribution is -2.49. The van der Waals surface area contributed by atoms with Crippen molar-refractivity contribution in [2.75, 3.05) is 19.8 Å². The smallest absolute Gasteiger partial charge is 0.241 e. The normalized spacial score (nSPS) is 13.0. The Kier molecular flexibility index (Phi) is 7.77. The summed E-state index contributed by atoms with van der Waals surface area (Å²) in [6.45, 7) is 7.18. The number of hydrogen-bond acceptors (Lipinski definition) is 4. The number of benzene rings is 2. The maximum Gasteiger partial charge on any atom is 0.241 e. The fraction of sp³-hybridized carbons (Fsp3) is 0.450. The van der Waals surface area contributed by atoms with E-state index in [1.165, 1.54) is 0 Å². The molecule has 0 heterocycles. The van der Waals surface area contributed by atoms with Gasteiger partial charge in [0.25, 0.3) is 0 Å². The van der Waals surface area contributed by atoms with Gasteiger partial charge in [0.1, 0.15) is 6.04 Å². The molecule has 6 nitrogen and oxygen atoms in total. The zero-order chi connectivity index (χ0) is 19.9. The van der Waals surface area contributed by atoms with Crippen LogP contribution in [0.3, 0.4) is 0 Å². The van der Waals surface area contributed by atoms with Gasteiger partial charge in [0.05, 0.1) is 4.90 Å². The number of carbonyl (C=O) groups is 1. The first kappa shape index (κ1) is 21.3. The van der Waals surface area contributed by atoms with Crippen molar-refractivity contribution in [2.24, 2.45) is 5.92 Å². The van der Waals surface area contributed by atoms with Crippen LogP contribution in [0, 0.1) is 5.92 Å². The van der Waals surface area contributed by atoms with E-state index < -0.39 is 16.1 Å². The van der Waals surface area contributed by atoms with Gasteiger partial charge in [-0.1, -0.05) is 44.2 Å². The van der Waals surface area contributed by atoms with Crippen LogP contribution in [-0.2, 0) is 19.6 Å². The summed E-state index contributed by atoms with van der Waals surface area (Å²) in [4.78, 5) is 12.6. The predicted octanol–water partition coefficient (Wildman–Crippen LogP) is 2.69. The number of sulfonamides is 1. The summed E-state index contributed by atoms with van der Waals surface area (Å²) in [5.41, 5.74) is 0. The summed E-state index contributed by atoms with van der Waals surface area (Å²) in [5, 5.41) is 4.58. The molecule has 0 unspecified atom stereocenters. The number of hydrogen-bond donors (Lipinski definition) is 2. The van der Waals surface area contributed by atoms with Crippen molar-refractivity contribution in [3.8, 4) is 0 Å². The van der Waals surface area contributed by atoms with Crippen molar-refractivity contribution >= 4 is 26.7 Å². The molecule has 0 aliphatic heterocycles. The van der Waals surface area contributed by atoms with E-state index in [1.807, 2.05) is 45.0 Å². The van der Waals surface area contributed by atoms with Crippen LogP contribution in [0.2, 0.25) is 0 Å². The van der Waals surface area contributed by atoms with Crippen molar-refractivity contribution < 1.29 is 17.9 Å². The average molecular weight is 393 g/mol. The molecule has 0 spiro atoms. The minimum Gasteiger partial charge on any atom is -0.382 e. The van der Waals surface area contributed by atoms with Gasteiger partial charge in [-0.3, -0.25) is 4.79 Å². The Morgan fingerprint density at radius 2 is 1.81 bits per heavy atom. The molecule has 1 amide bonds. The first-order valence-corrected chi connectivity index (χ1v) is 10.7. The second-order valence-corrected chi connectivity index (χ2v) is 8.41. The van der Waals surface area contributed by atoms with Gasteiger partial charge < -0.3 is 10.1 Å². The number of amides is 1. The molecule has 2 rings (SSSR count). The second kappa shape index (κ2) is 9.82. The Labute approximate surface area is 161 Å². The van der Waals surface area contributed by atoms with E-state index in [1.54, 1.807) is 18.2 Å². The Morgan fingerprint density at radius 1 is 1.11 bits per heavy atom. The largest absolute Gasteiger partial charge is 0.382 e. The van der Waals surface area contributed by atoms with Gasteiger partial charge >= 0.3 is 0 Å². The van der Waals surface area contributed by atoms with E-state index in [4.69, 9.17) is 4.74 Å². The molecule has 0 saturated heterocycles. The highest BCUT2D eigenvalue weighted by atomic mass is 32.2. The summed E-state index contributed by atoms with van der Waals surface area (Å²) >= 11 is 0. The topological polar surface area (TPSA) is 84.5 Å². The molecule has 0 saturated carbocycles. The number of rotatable bonds is 10. The molecule has 27 heavy (non-hydrogen) atoms. The summed E-state index contributed by atoms with van der Waals surface area (Å²) in [6.07, 6.45) is 0.682. The number of ether oxygens (including phenoxy) is 1. The molecule has 1 atom stereocenters. The van der Waals surface area contributed by atoms with E-state index in [-0.39, 0.29) is 16.7 Å². The minimum atomic E-state index is -3.82. The van der Waals surface area contributed by atoms with E-state index in [9.17, 15) is 13.2 Å². The van der Waals surface area contributed by atoms with E-state index in [2.05, 4.69) is 10.0 Å². The summed E-state index contributed by atoms with van der Waals surface area (Å²) in [5.74, 6) is -0.516. The minimum absolute atomic E-state index is 0.149. The standard InChI is InChI=1S/C20H28N2O4S/c1-4-26-13-7-12-21-20(23)19(15(2)3)22-27(24,25)18-11-10-16-8-5-6-9-17(16)14-18/h5-6,8-11,14-15,19,22H,4,7,12-13H2,1-3H3,(H,21,23)/t19-/m1/s1. The first-order valence-electron chi connectivity index (χ1n) is 9.21. The summed E-state index contributed by atoms with van der Waals surface area (Å²) in [7, 11) is -3.82. The monoisotopic (exact) mass is 392 g/mol. The maximum atomic E-state index is 12.8. The van der Waals surface area contributed by atoms with Crippen LogP contribution in [0.15, 0.2) is 47.4 Å². The maximum absolute atomic E-state index is 12.8. The van der Waals surface area contributed by atoms with Crippen LogP contribution in [0.1, 0.15) is 27.2 Å². The predicted molar refractivity (Wildman–Crippen MR) is 107 cm³/mol. The highest BCUT2D eigenvalue weighted by Crippen LogP contribution is 2.19. The lowest BCUT2D eigenvalue weighted by atomic mass is 10.1. The van der Waals surface area contributed by atoms with Crippen LogP contribution in [0.25, 0.3) is 10.8 Å². The van der Waals surface area contributed by atoms with E-state index in [0.29, 0.717) is 26.2 Å². The van der Waals surface area contributed by atoms with E-state index in [0.717, 1.165) is 10.8 Å². The SMILES string of the molecule is CCOCCCNC(=O)[C@H](NS(=O)(=O)c1ccc2ccccc2c1)C(C)C. The van der Waals surface area contributed by atoms with Crippen LogP contribution >= 0.6 is 0 Å². The third kappa shape index (κ3) is 6.02. The number of fused-ring (bicyclic) bond motifs is 1. The molecule has 2 N–H and O–H groups in total. The molecule has 7 heteroatoms. The van der Waals surface area contributed by atoms with Crippen molar-refractivity contribution in [1.29, 1.82) is 0 Å². The van der Waals surface area contributed by atoms with Gasteiger partial charge in [-0.15, -0.1) is 0 Å². The fourth-order valence-electron chi connectivity index (χ4n) is 2.70. The van der Waals surface area contributed by atoms with Crippen molar-refractivity contribution in [3.05, 3.63) is 42.5 Å². The Balaban J connectivity index is 2.09. The highest BCUT2D eigenvalue weighted by molar-refractivity contribution is 7.89. The van der Waals surface area contributed by atoms with Crippen molar-refractivity contribution in [2.45, 2.75) is 38.1 Å². The van der Waals surface area contributed by atoms with Crippen LogP contribution in [0.4, 0.5) is 0 Å². The van der Waals surface area contributed by atoms with Gasteiger partial charge in [-0.2, -0.15) is 4.72 Å². The van der Waals surface area contributed by atoms with Gasteiger partial charge in [-0.05, 0) is 42.2 Å². The summed E-state index contributed by atoms with van der Waals surface area (Å²) < 4.78 is 33.4. The molecular formula is C20H28N2O4S. The molecule has 148 valence electrons. The van der Waals surface area contributed by atoms with Crippen LogP contribution in [0.5, 0.6) is 0 Å². The van der Waals surface area contributed by atoms with Crippen LogP contribution in [-0.4, -0.2) is 40.1 Å². The molecule has 2 aromatic carbocycles. The molecule has 0 aromatic heterocycles. The van der Waals surface area contributed by atoms with Gasteiger partial charge in [0.15, 0.2) is 0 Å². The highest BCUT2D eigenvalue weighted by Gasteiger charge is 2.28. The van der Waals surface area contributed by atoms with Gasteiger partial charge in [0, 0.05) is 19.8 Å².